The summed E-state index contributed by atoms with van der Waals surface area (Å²) in [6.45, 7) is 0.224. The minimum atomic E-state index is -3.85. The van der Waals surface area contributed by atoms with Crippen LogP contribution in [0.5, 0.6) is 0 Å². The van der Waals surface area contributed by atoms with Crippen LogP contribution in [0.3, 0.4) is 0 Å². The summed E-state index contributed by atoms with van der Waals surface area (Å²) < 4.78 is 27.7. The summed E-state index contributed by atoms with van der Waals surface area (Å²) in [6, 6.07) is 1.36. The van der Waals surface area contributed by atoms with E-state index in [0.717, 1.165) is 4.31 Å². The molecule has 0 aliphatic carbocycles. The van der Waals surface area contributed by atoms with Crippen LogP contribution in [0.25, 0.3) is 0 Å². The minimum Gasteiger partial charge on any atom is -0.481 e. The first-order valence-electron chi connectivity index (χ1n) is 5.88. The van der Waals surface area contributed by atoms with E-state index in [1.165, 1.54) is 12.3 Å². The van der Waals surface area contributed by atoms with Crippen molar-refractivity contribution in [2.75, 3.05) is 17.8 Å². The number of carboxylic acids is 1. The van der Waals surface area contributed by atoms with Crippen LogP contribution in [0.2, 0.25) is 5.28 Å². The molecule has 1 aromatic heterocycles. The van der Waals surface area contributed by atoms with E-state index < -0.39 is 22.1 Å². The summed E-state index contributed by atoms with van der Waals surface area (Å²) in [5, 5.41) is 8.89. The van der Waals surface area contributed by atoms with Crippen LogP contribution in [0, 0.1) is 5.92 Å². The van der Waals surface area contributed by atoms with Gasteiger partial charge < -0.3 is 5.11 Å². The first-order chi connectivity index (χ1) is 9.38. The van der Waals surface area contributed by atoms with E-state index in [1.54, 1.807) is 0 Å². The zero-order valence-corrected chi connectivity index (χ0v) is 11.9. The molecule has 0 saturated carbocycles. The molecule has 1 aromatic rings. The van der Waals surface area contributed by atoms with Crippen molar-refractivity contribution < 1.29 is 18.3 Å². The molecule has 0 radical (unpaired) electrons. The van der Waals surface area contributed by atoms with Crippen LogP contribution in [0.1, 0.15) is 12.8 Å². The van der Waals surface area contributed by atoms with Gasteiger partial charge in [0.05, 0.1) is 5.92 Å². The van der Waals surface area contributed by atoms with Gasteiger partial charge in [0.2, 0.25) is 5.28 Å². The Morgan fingerprint density at radius 3 is 2.95 bits per heavy atom. The van der Waals surface area contributed by atoms with Gasteiger partial charge in [-0.1, -0.05) is 0 Å². The van der Waals surface area contributed by atoms with E-state index in [2.05, 4.69) is 14.7 Å². The predicted octanol–water partition coefficient (Wildman–Crippen LogP) is 0.583. The number of nitrogens with zero attached hydrogens (tertiary/aromatic N) is 3. The number of aliphatic carboxylic acids is 1. The summed E-state index contributed by atoms with van der Waals surface area (Å²) in [4.78, 5) is 18.3. The van der Waals surface area contributed by atoms with Crippen molar-refractivity contribution in [3.8, 4) is 0 Å². The second kappa shape index (κ2) is 5.90. The van der Waals surface area contributed by atoms with E-state index in [-0.39, 0.29) is 24.2 Å². The number of anilines is 1. The molecule has 110 valence electrons. The number of carbonyl (C=O) groups is 1. The van der Waals surface area contributed by atoms with Crippen molar-refractivity contribution in [3.63, 3.8) is 0 Å². The molecule has 0 bridgehead atoms. The van der Waals surface area contributed by atoms with Gasteiger partial charge in [0.15, 0.2) is 0 Å². The SMILES string of the molecule is O=C(O)C1CCCN(S(=O)(=O)Nc2ccnc(Cl)n2)C1. The molecular weight excluding hydrogens is 308 g/mol. The summed E-state index contributed by atoms with van der Waals surface area (Å²) in [5.41, 5.74) is 0. The largest absolute Gasteiger partial charge is 0.481 e. The molecule has 0 amide bonds. The molecule has 0 aromatic carbocycles. The van der Waals surface area contributed by atoms with Crippen molar-refractivity contribution in [2.45, 2.75) is 12.8 Å². The van der Waals surface area contributed by atoms with Crippen molar-refractivity contribution in [1.82, 2.24) is 14.3 Å². The fourth-order valence-electron chi connectivity index (χ4n) is 1.95. The summed E-state index contributed by atoms with van der Waals surface area (Å²) in [6.07, 6.45) is 2.30. The standard InChI is InChI=1S/C10H13ClN4O4S/c11-10-12-4-3-8(13-10)14-20(18,19)15-5-1-2-7(6-15)9(16)17/h3-4,7H,1-2,5-6H2,(H,16,17)(H,12,13,14). The third-order valence-corrected chi connectivity index (χ3v) is 4.59. The average molecular weight is 321 g/mol. The summed E-state index contributed by atoms with van der Waals surface area (Å²) >= 11 is 5.58. The van der Waals surface area contributed by atoms with Gasteiger partial charge in [-0.2, -0.15) is 17.7 Å². The number of nitrogens with one attached hydrogen (secondary N) is 1. The highest BCUT2D eigenvalue weighted by Crippen LogP contribution is 2.20. The Labute approximate surface area is 121 Å². The maximum absolute atomic E-state index is 12.2. The molecule has 1 fully saturated rings. The lowest BCUT2D eigenvalue weighted by atomic mass is 10.0. The van der Waals surface area contributed by atoms with Gasteiger partial charge >= 0.3 is 16.2 Å². The van der Waals surface area contributed by atoms with Crippen molar-refractivity contribution in [2.24, 2.45) is 5.92 Å². The van der Waals surface area contributed by atoms with Crippen molar-refractivity contribution >= 4 is 33.6 Å². The molecule has 1 aliphatic heterocycles. The average Bonchev–Trinajstić information content (AvgIpc) is 2.38. The van der Waals surface area contributed by atoms with E-state index in [9.17, 15) is 13.2 Å². The van der Waals surface area contributed by atoms with E-state index in [1.807, 2.05) is 0 Å². The Balaban J connectivity index is 2.12. The lowest BCUT2D eigenvalue weighted by molar-refractivity contribution is -0.142. The van der Waals surface area contributed by atoms with Crippen LogP contribution < -0.4 is 4.72 Å². The first-order valence-corrected chi connectivity index (χ1v) is 7.69. The molecule has 2 rings (SSSR count). The third-order valence-electron chi connectivity index (χ3n) is 2.93. The van der Waals surface area contributed by atoms with Crippen LogP contribution in [0.4, 0.5) is 5.82 Å². The Hall–Kier alpha value is -1.45. The molecule has 1 aliphatic rings. The molecular formula is C10H13ClN4O4S. The second-order valence-electron chi connectivity index (χ2n) is 4.35. The highest BCUT2D eigenvalue weighted by atomic mass is 35.5. The normalized spacial score (nSPS) is 20.6. The Bertz CT molecular complexity index is 609. The van der Waals surface area contributed by atoms with Crippen LogP contribution in [-0.4, -0.2) is 46.9 Å². The predicted molar refractivity (Wildman–Crippen MR) is 71.5 cm³/mol. The third kappa shape index (κ3) is 3.56. The van der Waals surface area contributed by atoms with Crippen LogP contribution in [-0.2, 0) is 15.0 Å². The molecule has 1 atom stereocenters. The molecule has 2 N–H and O–H groups in total. The lowest BCUT2D eigenvalue weighted by Crippen LogP contribution is -2.44. The van der Waals surface area contributed by atoms with Gasteiger partial charge in [0.25, 0.3) is 0 Å². The second-order valence-corrected chi connectivity index (χ2v) is 6.36. The Morgan fingerprint density at radius 1 is 1.55 bits per heavy atom. The zero-order valence-electron chi connectivity index (χ0n) is 10.4. The van der Waals surface area contributed by atoms with Crippen molar-refractivity contribution in [3.05, 3.63) is 17.5 Å². The first kappa shape index (κ1) is 14.9. The Kier molecular flexibility index (Phi) is 4.41. The summed E-state index contributed by atoms with van der Waals surface area (Å²) in [7, 11) is -3.85. The molecule has 2 heterocycles. The highest BCUT2D eigenvalue weighted by molar-refractivity contribution is 7.90. The van der Waals surface area contributed by atoms with E-state index >= 15 is 0 Å². The number of halogens is 1. The van der Waals surface area contributed by atoms with Crippen LogP contribution >= 0.6 is 11.6 Å². The Morgan fingerprint density at radius 2 is 2.30 bits per heavy atom. The topological polar surface area (TPSA) is 112 Å². The van der Waals surface area contributed by atoms with Gasteiger partial charge in [0, 0.05) is 19.3 Å². The maximum Gasteiger partial charge on any atom is 0.307 e. The lowest BCUT2D eigenvalue weighted by Gasteiger charge is -2.29. The number of carboxylic acid groups (broad SMARTS) is 1. The van der Waals surface area contributed by atoms with Crippen LogP contribution in [0.15, 0.2) is 12.3 Å². The smallest absolute Gasteiger partial charge is 0.307 e. The fourth-order valence-corrected chi connectivity index (χ4v) is 3.35. The summed E-state index contributed by atoms with van der Waals surface area (Å²) in [5.74, 6) is -1.63. The molecule has 10 heteroatoms. The fraction of sp³-hybridized carbons (Fsp3) is 0.500. The van der Waals surface area contributed by atoms with E-state index in [0.29, 0.717) is 12.8 Å². The van der Waals surface area contributed by atoms with E-state index in [4.69, 9.17) is 16.7 Å². The van der Waals surface area contributed by atoms with Crippen molar-refractivity contribution in [1.29, 1.82) is 0 Å². The number of hydrogen-bond donors (Lipinski definition) is 2. The number of rotatable bonds is 4. The minimum absolute atomic E-state index is 0.0439. The monoisotopic (exact) mass is 320 g/mol. The maximum atomic E-state index is 12.2. The molecule has 0 spiro atoms. The molecule has 8 nitrogen and oxygen atoms in total. The van der Waals surface area contributed by atoms with Gasteiger partial charge in [-0.05, 0) is 30.5 Å². The molecule has 1 saturated heterocycles. The number of piperidine rings is 1. The zero-order chi connectivity index (χ0) is 14.8. The van der Waals surface area contributed by atoms with Gasteiger partial charge in [-0.3, -0.25) is 9.52 Å². The quantitative estimate of drug-likeness (QED) is 0.785. The highest BCUT2D eigenvalue weighted by Gasteiger charge is 2.32. The van der Waals surface area contributed by atoms with Gasteiger partial charge in [0.1, 0.15) is 5.82 Å². The number of aromatic nitrogens is 2. The molecule has 20 heavy (non-hydrogen) atoms. The number of hydrogen-bond acceptors (Lipinski definition) is 5. The van der Waals surface area contributed by atoms with Gasteiger partial charge in [-0.15, -0.1) is 0 Å². The molecule has 1 unspecified atom stereocenters. The van der Waals surface area contributed by atoms with Gasteiger partial charge in [-0.25, -0.2) is 4.98 Å².